The maximum absolute atomic E-state index is 12.3. The number of Topliss-reactive ketones (excluding diaryl/α,β-unsaturated/α-hetero) is 1. The van der Waals surface area contributed by atoms with E-state index in [4.69, 9.17) is 0 Å². The summed E-state index contributed by atoms with van der Waals surface area (Å²) in [5.74, 6) is -0.982. The molecule has 0 aliphatic rings. The highest BCUT2D eigenvalue weighted by atomic mass is 32.1. The molecule has 1 aromatic heterocycles. The number of aliphatic carboxylic acids is 1. The monoisotopic (exact) mass is 331 g/mol. The smallest absolute Gasteiger partial charge is 0.309 e. The highest BCUT2D eigenvalue weighted by molar-refractivity contribution is 7.13. The molecule has 2 aromatic rings. The summed E-state index contributed by atoms with van der Waals surface area (Å²) >= 11 is 1.50. The normalized spacial score (nSPS) is 13.5. The number of thiazole rings is 1. The molecular weight excluding hydrogens is 310 g/mol. The third kappa shape index (κ3) is 4.48. The van der Waals surface area contributed by atoms with Crippen LogP contribution in [0.1, 0.15) is 38.8 Å². The van der Waals surface area contributed by atoms with E-state index in [2.05, 4.69) is 4.98 Å². The number of carbonyl (C=O) groups excluding carboxylic acids is 1. The molecule has 1 N–H and O–H groups in total. The van der Waals surface area contributed by atoms with Crippen LogP contribution in [-0.4, -0.2) is 21.8 Å². The molecule has 4 nitrogen and oxygen atoms in total. The third-order valence-corrected chi connectivity index (χ3v) is 4.80. The summed E-state index contributed by atoms with van der Waals surface area (Å²) in [5, 5.41) is 12.1. The van der Waals surface area contributed by atoms with E-state index in [1.54, 1.807) is 6.92 Å². The molecule has 1 unspecified atom stereocenters. The van der Waals surface area contributed by atoms with Crippen molar-refractivity contribution in [2.45, 2.75) is 39.5 Å². The van der Waals surface area contributed by atoms with Crippen molar-refractivity contribution in [3.05, 3.63) is 41.4 Å². The molecular formula is C18H21NO3S. The van der Waals surface area contributed by atoms with Gasteiger partial charge in [-0.3, -0.25) is 9.59 Å². The Morgan fingerprint density at radius 1 is 1.26 bits per heavy atom. The van der Waals surface area contributed by atoms with Crippen molar-refractivity contribution in [1.29, 1.82) is 0 Å². The van der Waals surface area contributed by atoms with Gasteiger partial charge in [0.05, 0.1) is 11.1 Å². The van der Waals surface area contributed by atoms with E-state index in [0.29, 0.717) is 12.1 Å². The molecule has 1 aromatic carbocycles. The average molecular weight is 331 g/mol. The Morgan fingerprint density at radius 3 is 2.57 bits per heavy atom. The fraction of sp³-hybridized carbons (Fsp3) is 0.389. The van der Waals surface area contributed by atoms with Crippen molar-refractivity contribution >= 4 is 23.1 Å². The lowest BCUT2D eigenvalue weighted by atomic mass is 9.80. The quantitative estimate of drug-likeness (QED) is 0.787. The molecule has 1 atom stereocenters. The minimum atomic E-state index is -0.982. The van der Waals surface area contributed by atoms with Crippen molar-refractivity contribution in [3.8, 4) is 10.6 Å². The van der Waals surface area contributed by atoms with Crippen LogP contribution in [0.25, 0.3) is 10.6 Å². The Kier molecular flexibility index (Phi) is 5.66. The fourth-order valence-electron chi connectivity index (χ4n) is 2.62. The first-order chi connectivity index (χ1) is 10.9. The highest BCUT2D eigenvalue weighted by Gasteiger charge is 2.34. The van der Waals surface area contributed by atoms with Crippen LogP contribution in [0.4, 0.5) is 0 Å². The number of rotatable bonds is 8. The summed E-state index contributed by atoms with van der Waals surface area (Å²) in [4.78, 5) is 28.2. The van der Waals surface area contributed by atoms with E-state index in [1.807, 2.05) is 42.6 Å². The van der Waals surface area contributed by atoms with Gasteiger partial charge in [-0.1, -0.05) is 43.7 Å². The van der Waals surface area contributed by atoms with Gasteiger partial charge >= 0.3 is 5.97 Å². The summed E-state index contributed by atoms with van der Waals surface area (Å²) in [7, 11) is 0. The van der Waals surface area contributed by atoms with Crippen molar-refractivity contribution in [2.75, 3.05) is 0 Å². The maximum Gasteiger partial charge on any atom is 0.309 e. The highest BCUT2D eigenvalue weighted by Crippen LogP contribution is 2.29. The minimum absolute atomic E-state index is 0.0500. The molecule has 0 amide bonds. The first kappa shape index (κ1) is 17.3. The standard InChI is InChI=1S/C18H21NO3S/c1-3-9-18(2,17(21)22)11-15(20)10-14-12-23-16(19-14)13-7-5-4-6-8-13/h4-8,12H,3,9-11H2,1-2H3,(H,21,22). The SMILES string of the molecule is CCCC(C)(CC(=O)Cc1csc(-c2ccccc2)n1)C(=O)O. The molecule has 0 spiro atoms. The predicted molar refractivity (Wildman–Crippen MR) is 91.5 cm³/mol. The van der Waals surface area contributed by atoms with Gasteiger partial charge in [-0.25, -0.2) is 4.98 Å². The Bertz CT molecular complexity index is 681. The zero-order valence-electron chi connectivity index (χ0n) is 13.4. The van der Waals surface area contributed by atoms with Crippen LogP contribution < -0.4 is 0 Å². The molecule has 0 bridgehead atoms. The number of hydrogen-bond acceptors (Lipinski definition) is 4. The van der Waals surface area contributed by atoms with Gasteiger partial charge in [-0.05, 0) is 13.3 Å². The van der Waals surface area contributed by atoms with Gasteiger partial charge in [0, 0.05) is 23.8 Å². The summed E-state index contributed by atoms with van der Waals surface area (Å²) < 4.78 is 0. The molecule has 0 aliphatic carbocycles. The van der Waals surface area contributed by atoms with Crippen LogP contribution in [0.5, 0.6) is 0 Å². The number of benzene rings is 1. The number of nitrogens with zero attached hydrogens (tertiary/aromatic N) is 1. The second kappa shape index (κ2) is 7.51. The van der Waals surface area contributed by atoms with E-state index in [0.717, 1.165) is 17.0 Å². The van der Waals surface area contributed by atoms with Crippen molar-refractivity contribution < 1.29 is 14.7 Å². The lowest BCUT2D eigenvalue weighted by Gasteiger charge is -2.23. The molecule has 0 aliphatic heterocycles. The molecule has 122 valence electrons. The third-order valence-electron chi connectivity index (χ3n) is 3.86. The van der Waals surface area contributed by atoms with Gasteiger partial charge in [-0.15, -0.1) is 11.3 Å². The van der Waals surface area contributed by atoms with E-state index >= 15 is 0 Å². The molecule has 0 saturated heterocycles. The summed E-state index contributed by atoms with van der Waals surface area (Å²) in [6, 6.07) is 9.80. The number of carboxylic acid groups (broad SMARTS) is 1. The Hall–Kier alpha value is -2.01. The van der Waals surface area contributed by atoms with E-state index in [1.165, 1.54) is 11.3 Å². The van der Waals surface area contributed by atoms with Gasteiger partial charge in [0.1, 0.15) is 10.8 Å². The van der Waals surface area contributed by atoms with Crippen molar-refractivity contribution in [3.63, 3.8) is 0 Å². The topological polar surface area (TPSA) is 67.3 Å². The van der Waals surface area contributed by atoms with Crippen LogP contribution in [0, 0.1) is 5.41 Å². The van der Waals surface area contributed by atoms with Crippen molar-refractivity contribution in [2.24, 2.45) is 5.41 Å². The number of aromatic nitrogens is 1. The zero-order valence-corrected chi connectivity index (χ0v) is 14.2. The van der Waals surface area contributed by atoms with Gasteiger partial charge in [0.25, 0.3) is 0 Å². The average Bonchev–Trinajstić information content (AvgIpc) is 2.96. The summed E-state index contributed by atoms with van der Waals surface area (Å²) in [5.41, 5.74) is 0.755. The number of carboxylic acids is 1. The summed E-state index contributed by atoms with van der Waals surface area (Å²) in [6.45, 7) is 3.57. The second-order valence-corrected chi connectivity index (χ2v) is 6.88. The van der Waals surface area contributed by atoms with Gasteiger partial charge in [-0.2, -0.15) is 0 Å². The largest absolute Gasteiger partial charge is 0.481 e. The molecule has 0 fully saturated rings. The van der Waals surface area contributed by atoms with Crippen LogP contribution >= 0.6 is 11.3 Å². The molecule has 1 heterocycles. The lowest BCUT2D eigenvalue weighted by Crippen LogP contribution is -2.30. The fourth-order valence-corrected chi connectivity index (χ4v) is 3.45. The van der Waals surface area contributed by atoms with Crippen LogP contribution in [0.15, 0.2) is 35.7 Å². The summed E-state index contributed by atoms with van der Waals surface area (Å²) in [6.07, 6.45) is 1.48. The van der Waals surface area contributed by atoms with Gasteiger partial charge < -0.3 is 5.11 Å². The molecule has 0 saturated carbocycles. The molecule has 5 heteroatoms. The Morgan fingerprint density at radius 2 is 1.96 bits per heavy atom. The zero-order chi connectivity index (χ0) is 16.9. The Labute approximate surface area is 140 Å². The molecule has 2 rings (SSSR count). The molecule has 0 radical (unpaired) electrons. The first-order valence-corrected chi connectivity index (χ1v) is 8.57. The second-order valence-electron chi connectivity index (χ2n) is 6.02. The number of ketones is 1. The lowest BCUT2D eigenvalue weighted by molar-refractivity contribution is -0.150. The van der Waals surface area contributed by atoms with Crippen LogP contribution in [-0.2, 0) is 16.0 Å². The number of carbonyl (C=O) groups is 2. The number of hydrogen-bond donors (Lipinski definition) is 1. The van der Waals surface area contributed by atoms with Crippen LogP contribution in [0.2, 0.25) is 0 Å². The first-order valence-electron chi connectivity index (χ1n) is 7.69. The maximum atomic E-state index is 12.3. The van der Waals surface area contributed by atoms with E-state index < -0.39 is 11.4 Å². The predicted octanol–water partition coefficient (Wildman–Crippen LogP) is 4.20. The van der Waals surface area contributed by atoms with Gasteiger partial charge in [0.15, 0.2) is 0 Å². The van der Waals surface area contributed by atoms with E-state index in [-0.39, 0.29) is 18.6 Å². The minimum Gasteiger partial charge on any atom is -0.481 e. The van der Waals surface area contributed by atoms with Crippen molar-refractivity contribution in [1.82, 2.24) is 4.98 Å². The van der Waals surface area contributed by atoms with E-state index in [9.17, 15) is 14.7 Å². The van der Waals surface area contributed by atoms with Gasteiger partial charge in [0.2, 0.25) is 0 Å². The van der Waals surface area contributed by atoms with Crippen LogP contribution in [0.3, 0.4) is 0 Å². The molecule has 23 heavy (non-hydrogen) atoms. The Balaban J connectivity index is 2.04.